The number of piperidine rings is 1. The van der Waals surface area contributed by atoms with E-state index in [1.54, 1.807) is 0 Å². The highest BCUT2D eigenvalue weighted by Crippen LogP contribution is 2.63. The summed E-state index contributed by atoms with van der Waals surface area (Å²) in [6, 6.07) is 0.0703. The molecule has 0 amide bonds. The van der Waals surface area contributed by atoms with Gasteiger partial charge >= 0.3 is 5.97 Å². The molecule has 3 aliphatic carbocycles. The molecule has 5 aliphatic rings. The molecule has 264 valence electrons. The number of ketones is 2. The molecule has 2 saturated heterocycles. The minimum absolute atomic E-state index is 0.0000800. The lowest BCUT2D eigenvalue weighted by Crippen LogP contribution is -2.60. The predicted octanol–water partition coefficient (Wildman–Crippen LogP) is 4.61. The van der Waals surface area contributed by atoms with Crippen molar-refractivity contribution in [1.29, 1.82) is 0 Å². The van der Waals surface area contributed by atoms with Gasteiger partial charge in [0.25, 0.3) is 5.60 Å². The second kappa shape index (κ2) is 15.3. The lowest BCUT2D eigenvalue weighted by molar-refractivity contribution is -0.161. The van der Waals surface area contributed by atoms with Gasteiger partial charge in [-0.3, -0.25) is 9.59 Å². The Labute approximate surface area is 282 Å². The van der Waals surface area contributed by atoms with Crippen LogP contribution in [0.4, 0.5) is 0 Å². The van der Waals surface area contributed by atoms with Gasteiger partial charge in [0.2, 0.25) is 0 Å². The Morgan fingerprint density at radius 1 is 1.15 bits per heavy atom. The average Bonchev–Trinajstić information content (AvgIpc) is 3.76. The summed E-state index contributed by atoms with van der Waals surface area (Å²) in [5, 5.41) is 17.4. The number of aliphatic hydroxyl groups is 1. The molecule has 47 heavy (non-hydrogen) atoms. The van der Waals surface area contributed by atoms with Gasteiger partial charge < -0.3 is 30.9 Å². The van der Waals surface area contributed by atoms with Gasteiger partial charge in [0, 0.05) is 30.2 Å². The van der Waals surface area contributed by atoms with Gasteiger partial charge in [0.15, 0.2) is 17.2 Å². The van der Waals surface area contributed by atoms with Crippen molar-refractivity contribution >= 4 is 17.5 Å². The van der Waals surface area contributed by atoms with E-state index in [0.29, 0.717) is 29.7 Å². The third-order valence-electron chi connectivity index (χ3n) is 12.2. The molecule has 9 nitrogen and oxygen atoms in total. The normalized spacial score (nSPS) is 38.9. The topological polar surface area (TPSA) is 143 Å². The molecule has 2 heterocycles. The fraction of sp³-hybridized carbons (Fsp3) is 0.816. The Hall–Kier alpha value is -1.91. The average molecular weight is 656 g/mol. The van der Waals surface area contributed by atoms with E-state index in [4.69, 9.17) is 15.2 Å². The maximum atomic E-state index is 14.7. The van der Waals surface area contributed by atoms with Crippen molar-refractivity contribution in [3.8, 4) is 0 Å². The van der Waals surface area contributed by atoms with Gasteiger partial charge in [-0.15, -0.1) is 0 Å². The molecule has 0 aromatic rings. The Morgan fingerprint density at radius 2 is 1.94 bits per heavy atom. The molecule has 5 N–H and O–H groups in total. The quantitative estimate of drug-likeness (QED) is 0.0913. The minimum Gasteiger partial charge on any atom is -0.463 e. The first-order valence-electron chi connectivity index (χ1n) is 18.7. The van der Waals surface area contributed by atoms with Crippen molar-refractivity contribution in [2.75, 3.05) is 26.3 Å². The maximum absolute atomic E-state index is 14.7. The van der Waals surface area contributed by atoms with E-state index in [1.807, 2.05) is 6.92 Å². The van der Waals surface area contributed by atoms with Crippen LogP contribution < -0.4 is 16.4 Å². The minimum atomic E-state index is -1.94. The van der Waals surface area contributed by atoms with E-state index < -0.39 is 29.0 Å². The largest absolute Gasteiger partial charge is 0.463 e. The van der Waals surface area contributed by atoms with Crippen LogP contribution >= 0.6 is 0 Å². The molecular formula is C38H61N3O6. The number of nitrogens with two attached hydrogens (primary N) is 1. The summed E-state index contributed by atoms with van der Waals surface area (Å²) in [5.41, 5.74) is 4.25. The summed E-state index contributed by atoms with van der Waals surface area (Å²) >= 11 is 0. The third kappa shape index (κ3) is 7.21. The van der Waals surface area contributed by atoms with Crippen LogP contribution in [-0.2, 0) is 23.9 Å². The molecule has 0 aromatic heterocycles. The molecule has 4 fully saturated rings. The first kappa shape index (κ1) is 36.4. The van der Waals surface area contributed by atoms with Crippen LogP contribution in [0.3, 0.4) is 0 Å². The highest BCUT2D eigenvalue weighted by atomic mass is 16.7. The van der Waals surface area contributed by atoms with Crippen LogP contribution in [0, 0.1) is 41.4 Å². The van der Waals surface area contributed by atoms with Crippen molar-refractivity contribution in [3.05, 3.63) is 23.3 Å². The van der Waals surface area contributed by atoms with Crippen LogP contribution in [0.25, 0.3) is 0 Å². The van der Waals surface area contributed by atoms with Crippen molar-refractivity contribution in [2.45, 2.75) is 129 Å². The number of nitrogens with one attached hydrogen (secondary N) is 2. The summed E-state index contributed by atoms with van der Waals surface area (Å²) < 4.78 is 12.4. The number of likely N-dealkylation sites (N-methyl/N-ethyl adjacent to an activating group) is 1. The van der Waals surface area contributed by atoms with Gasteiger partial charge in [-0.1, -0.05) is 51.8 Å². The molecule has 2 saturated carbocycles. The van der Waals surface area contributed by atoms with Crippen molar-refractivity contribution in [2.24, 2.45) is 47.2 Å². The molecule has 0 bridgehead atoms. The standard InChI is InChI=1S/C38H61N3O6/c1-6-25-13-14-31(40-7-2)28(18-25)22-46-36(45)38-35(44)33-27(17-23(3)4)9-8-10-30(33)34(43)37(38,47-38)20-29(21-42)24(5)11-12-26-15-16-41-32(39)19-26/h13-14,23,25-28,30-33,40-42H,6-12,15-22,39H2,1-5H3. The van der Waals surface area contributed by atoms with Crippen LogP contribution in [0.5, 0.6) is 0 Å². The van der Waals surface area contributed by atoms with Gasteiger partial charge in [-0.25, -0.2) is 4.79 Å². The van der Waals surface area contributed by atoms with Gasteiger partial charge in [-0.2, -0.15) is 0 Å². The van der Waals surface area contributed by atoms with Crippen LogP contribution in [0.15, 0.2) is 23.3 Å². The number of epoxide rings is 1. The molecule has 10 atom stereocenters. The Morgan fingerprint density at radius 3 is 2.62 bits per heavy atom. The number of carbonyl (C=O) groups is 3. The predicted molar refractivity (Wildman–Crippen MR) is 182 cm³/mol. The molecule has 0 aromatic carbocycles. The number of rotatable bonds is 14. The number of allylic oxidation sites excluding steroid dienone is 2. The lowest BCUT2D eigenvalue weighted by atomic mass is 9.56. The number of carbonyl (C=O) groups excluding carboxylic acids is 3. The Bertz CT molecular complexity index is 1220. The number of hydrogen-bond acceptors (Lipinski definition) is 9. The summed E-state index contributed by atoms with van der Waals surface area (Å²) in [7, 11) is 0. The fourth-order valence-electron chi connectivity index (χ4n) is 9.46. The second-order valence-corrected chi connectivity index (χ2v) is 15.7. The van der Waals surface area contributed by atoms with E-state index in [9.17, 15) is 19.5 Å². The summed E-state index contributed by atoms with van der Waals surface area (Å²) in [5.74, 6) is -0.791. The first-order valence-corrected chi connectivity index (χ1v) is 18.7. The van der Waals surface area contributed by atoms with E-state index in [-0.39, 0.29) is 55.2 Å². The number of Topliss-reactive ketones (excluding diaryl/α,β-unsaturated/α-hetero) is 2. The van der Waals surface area contributed by atoms with Crippen molar-refractivity contribution in [1.82, 2.24) is 10.6 Å². The van der Waals surface area contributed by atoms with E-state index in [0.717, 1.165) is 76.5 Å². The molecule has 0 spiro atoms. The Kier molecular flexibility index (Phi) is 11.9. The summed E-state index contributed by atoms with van der Waals surface area (Å²) in [6.45, 7) is 12.1. The van der Waals surface area contributed by atoms with Gasteiger partial charge in [-0.05, 0) is 107 Å². The number of hydrogen-bond donors (Lipinski definition) is 4. The van der Waals surface area contributed by atoms with E-state index in [2.05, 4.69) is 50.5 Å². The summed E-state index contributed by atoms with van der Waals surface area (Å²) in [6.07, 6.45) is 13.2. The number of esters is 1. The fourth-order valence-corrected chi connectivity index (χ4v) is 9.46. The summed E-state index contributed by atoms with van der Waals surface area (Å²) in [4.78, 5) is 43.7. The van der Waals surface area contributed by atoms with Crippen LogP contribution in [0.1, 0.15) is 105 Å². The highest BCUT2D eigenvalue weighted by molar-refractivity contribution is 6.23. The smallest absolute Gasteiger partial charge is 0.350 e. The molecule has 5 rings (SSSR count). The van der Waals surface area contributed by atoms with Crippen LogP contribution in [0.2, 0.25) is 0 Å². The maximum Gasteiger partial charge on any atom is 0.350 e. The number of aliphatic hydroxyl groups excluding tert-OH is 1. The van der Waals surface area contributed by atoms with Crippen LogP contribution in [-0.4, -0.2) is 72.4 Å². The lowest BCUT2D eigenvalue weighted by Gasteiger charge is -2.42. The molecule has 9 heteroatoms. The molecule has 0 radical (unpaired) electrons. The zero-order chi connectivity index (χ0) is 33.9. The van der Waals surface area contributed by atoms with Gasteiger partial charge in [0.1, 0.15) is 0 Å². The molecular weight excluding hydrogens is 594 g/mol. The molecule has 10 unspecified atom stereocenters. The zero-order valence-corrected chi connectivity index (χ0v) is 29.5. The second-order valence-electron chi connectivity index (χ2n) is 15.7. The van der Waals surface area contributed by atoms with E-state index >= 15 is 0 Å². The third-order valence-corrected chi connectivity index (χ3v) is 12.2. The Balaban J connectivity index is 1.42. The molecule has 2 aliphatic heterocycles. The SMILES string of the molecule is CCNC1C=CC(CC)CC1COC(=O)C12OC1(CC(CO)=C(C)CCC1CCNC(N)C1)C(=O)C1CCCC(CC(C)C)C1C2=O. The number of fused-ring (bicyclic) bond motifs is 2. The monoisotopic (exact) mass is 655 g/mol. The van der Waals surface area contributed by atoms with E-state index in [1.165, 1.54) is 0 Å². The van der Waals surface area contributed by atoms with Crippen molar-refractivity contribution < 1.29 is 29.0 Å². The number of ether oxygens (including phenoxy) is 2. The zero-order valence-electron chi connectivity index (χ0n) is 29.5. The highest BCUT2D eigenvalue weighted by Gasteiger charge is 2.87. The first-order chi connectivity index (χ1) is 22.5. The van der Waals surface area contributed by atoms with Gasteiger partial charge in [0.05, 0.1) is 19.4 Å². The van der Waals surface area contributed by atoms with Crippen molar-refractivity contribution in [3.63, 3.8) is 0 Å².